The molecule has 2 aromatic rings. The molecule has 0 bridgehead atoms. The van der Waals surface area contributed by atoms with Crippen LogP contribution in [0.1, 0.15) is 23.4 Å². The van der Waals surface area contributed by atoms with Gasteiger partial charge < -0.3 is 5.11 Å². The highest BCUT2D eigenvalue weighted by atomic mass is 35.5. The second kappa shape index (κ2) is 4.73. The van der Waals surface area contributed by atoms with E-state index >= 15 is 0 Å². The molecule has 0 spiro atoms. The summed E-state index contributed by atoms with van der Waals surface area (Å²) in [5, 5.41) is 12.6. The first-order valence-electron chi connectivity index (χ1n) is 5.17. The number of halogens is 2. The zero-order chi connectivity index (χ0) is 13.3. The molecule has 1 aromatic heterocycles. The molecule has 0 amide bonds. The van der Waals surface area contributed by atoms with Crippen molar-refractivity contribution in [2.75, 3.05) is 0 Å². The standard InChI is InChI=1S/C11H9ClFN3O2/c1-2-9-14-10(11(17)18)15-16(9)6-3-4-7(12)8(13)5-6/h3-5H,2H2,1H3,(H,17,18). The summed E-state index contributed by atoms with van der Waals surface area (Å²) in [7, 11) is 0. The maximum Gasteiger partial charge on any atom is 0.375 e. The van der Waals surface area contributed by atoms with Gasteiger partial charge in [0.05, 0.1) is 10.7 Å². The number of benzene rings is 1. The molecule has 18 heavy (non-hydrogen) atoms. The summed E-state index contributed by atoms with van der Waals surface area (Å²) in [5.41, 5.74) is 0.383. The Bertz CT molecular complexity index is 612. The van der Waals surface area contributed by atoms with Gasteiger partial charge in [0.1, 0.15) is 11.6 Å². The van der Waals surface area contributed by atoms with Gasteiger partial charge in [-0.2, -0.15) is 0 Å². The highest BCUT2D eigenvalue weighted by molar-refractivity contribution is 6.30. The number of aryl methyl sites for hydroxylation is 1. The number of rotatable bonds is 3. The number of carbonyl (C=O) groups is 1. The molecule has 94 valence electrons. The van der Waals surface area contributed by atoms with Crippen molar-refractivity contribution in [2.24, 2.45) is 0 Å². The summed E-state index contributed by atoms with van der Waals surface area (Å²) >= 11 is 5.58. The van der Waals surface area contributed by atoms with Gasteiger partial charge in [-0.15, -0.1) is 5.10 Å². The van der Waals surface area contributed by atoms with E-state index in [0.29, 0.717) is 17.9 Å². The first kappa shape index (κ1) is 12.5. The largest absolute Gasteiger partial charge is 0.475 e. The molecule has 0 fully saturated rings. The van der Waals surface area contributed by atoms with Crippen molar-refractivity contribution in [3.8, 4) is 5.69 Å². The minimum atomic E-state index is -1.22. The van der Waals surface area contributed by atoms with E-state index in [1.165, 1.54) is 16.8 Å². The molecule has 0 atom stereocenters. The molecule has 5 nitrogen and oxygen atoms in total. The highest BCUT2D eigenvalue weighted by Gasteiger charge is 2.15. The molecule has 0 saturated heterocycles. The van der Waals surface area contributed by atoms with Gasteiger partial charge in [-0.1, -0.05) is 18.5 Å². The Morgan fingerprint density at radius 1 is 1.56 bits per heavy atom. The second-order valence-corrected chi connectivity index (χ2v) is 3.93. The van der Waals surface area contributed by atoms with E-state index in [0.717, 1.165) is 0 Å². The molecule has 0 unspecified atom stereocenters. The third kappa shape index (κ3) is 2.19. The lowest BCUT2D eigenvalue weighted by Gasteiger charge is -2.04. The number of nitrogens with zero attached hydrogens (tertiary/aromatic N) is 3. The number of hydrogen-bond acceptors (Lipinski definition) is 3. The van der Waals surface area contributed by atoms with E-state index in [2.05, 4.69) is 10.1 Å². The number of carboxylic acids is 1. The van der Waals surface area contributed by atoms with E-state index in [1.54, 1.807) is 13.0 Å². The second-order valence-electron chi connectivity index (χ2n) is 3.52. The predicted octanol–water partition coefficient (Wildman–Crippen LogP) is 2.32. The van der Waals surface area contributed by atoms with E-state index in [4.69, 9.17) is 16.7 Å². The van der Waals surface area contributed by atoms with E-state index in [-0.39, 0.29) is 10.8 Å². The molecular formula is C11H9ClFN3O2. The zero-order valence-electron chi connectivity index (χ0n) is 9.39. The zero-order valence-corrected chi connectivity index (χ0v) is 10.1. The Morgan fingerprint density at radius 2 is 2.28 bits per heavy atom. The van der Waals surface area contributed by atoms with Crippen molar-refractivity contribution in [3.63, 3.8) is 0 Å². The summed E-state index contributed by atoms with van der Waals surface area (Å²) in [4.78, 5) is 14.7. The maximum atomic E-state index is 13.4. The normalized spacial score (nSPS) is 10.6. The van der Waals surface area contributed by atoms with Crippen LogP contribution < -0.4 is 0 Å². The third-order valence-corrected chi connectivity index (χ3v) is 2.64. The Hall–Kier alpha value is -1.95. The van der Waals surface area contributed by atoms with Gasteiger partial charge in [0.2, 0.25) is 0 Å². The first-order valence-corrected chi connectivity index (χ1v) is 5.55. The van der Waals surface area contributed by atoms with Gasteiger partial charge in [0, 0.05) is 12.5 Å². The van der Waals surface area contributed by atoms with Crippen molar-refractivity contribution >= 4 is 17.6 Å². The lowest BCUT2D eigenvalue weighted by atomic mass is 10.3. The Kier molecular flexibility index (Phi) is 3.29. The minimum absolute atomic E-state index is 0.00429. The summed E-state index contributed by atoms with van der Waals surface area (Å²) in [6.07, 6.45) is 0.477. The Morgan fingerprint density at radius 3 is 2.83 bits per heavy atom. The fourth-order valence-electron chi connectivity index (χ4n) is 1.49. The van der Waals surface area contributed by atoms with E-state index in [1.807, 2.05) is 0 Å². The van der Waals surface area contributed by atoms with Crippen LogP contribution in [0.15, 0.2) is 18.2 Å². The molecule has 1 N–H and O–H groups in total. The van der Waals surface area contributed by atoms with Crippen LogP contribution in [0, 0.1) is 5.82 Å². The quantitative estimate of drug-likeness (QED) is 0.928. The Labute approximate surface area is 107 Å². The number of carboxylic acid groups (broad SMARTS) is 1. The van der Waals surface area contributed by atoms with Gasteiger partial charge in [-0.05, 0) is 12.1 Å². The van der Waals surface area contributed by atoms with Crippen molar-refractivity contribution in [2.45, 2.75) is 13.3 Å². The summed E-state index contributed by atoms with van der Waals surface area (Å²) in [6.45, 7) is 1.80. The average molecular weight is 270 g/mol. The number of aromatic carboxylic acids is 1. The Balaban J connectivity index is 2.55. The van der Waals surface area contributed by atoms with Crippen LogP contribution in [-0.2, 0) is 6.42 Å². The fourth-order valence-corrected chi connectivity index (χ4v) is 1.60. The van der Waals surface area contributed by atoms with E-state index in [9.17, 15) is 9.18 Å². The summed E-state index contributed by atoms with van der Waals surface area (Å²) < 4.78 is 14.7. The van der Waals surface area contributed by atoms with Crippen molar-refractivity contribution < 1.29 is 14.3 Å². The molecule has 7 heteroatoms. The minimum Gasteiger partial charge on any atom is -0.475 e. The molecule has 2 rings (SSSR count). The lowest BCUT2D eigenvalue weighted by molar-refractivity contribution is 0.0683. The van der Waals surface area contributed by atoms with Crippen LogP contribution in [0.3, 0.4) is 0 Å². The van der Waals surface area contributed by atoms with Gasteiger partial charge in [-0.25, -0.2) is 18.9 Å². The molecule has 0 aliphatic heterocycles. The SMILES string of the molecule is CCc1nc(C(=O)O)nn1-c1ccc(Cl)c(F)c1. The summed E-state index contributed by atoms with van der Waals surface area (Å²) in [5.74, 6) is -1.70. The van der Waals surface area contributed by atoms with Crippen LogP contribution in [0.2, 0.25) is 5.02 Å². The van der Waals surface area contributed by atoms with Crippen molar-refractivity contribution in [1.82, 2.24) is 14.8 Å². The number of aromatic nitrogens is 3. The molecule has 1 heterocycles. The van der Waals surface area contributed by atoms with Gasteiger partial charge in [0.15, 0.2) is 0 Å². The van der Waals surface area contributed by atoms with Crippen molar-refractivity contribution in [1.29, 1.82) is 0 Å². The van der Waals surface area contributed by atoms with Crippen LogP contribution in [0.4, 0.5) is 4.39 Å². The molecule has 0 aliphatic carbocycles. The smallest absolute Gasteiger partial charge is 0.375 e. The molecule has 0 saturated carbocycles. The summed E-state index contributed by atoms with van der Waals surface area (Å²) in [6, 6.07) is 4.11. The van der Waals surface area contributed by atoms with Crippen LogP contribution in [0.25, 0.3) is 5.69 Å². The average Bonchev–Trinajstić information content (AvgIpc) is 2.77. The molecular weight excluding hydrogens is 261 g/mol. The van der Waals surface area contributed by atoms with Crippen LogP contribution in [0.5, 0.6) is 0 Å². The molecule has 0 aliphatic rings. The van der Waals surface area contributed by atoms with Crippen molar-refractivity contribution in [3.05, 3.63) is 40.7 Å². The highest BCUT2D eigenvalue weighted by Crippen LogP contribution is 2.19. The third-order valence-electron chi connectivity index (χ3n) is 2.33. The van der Waals surface area contributed by atoms with Gasteiger partial charge in [0.25, 0.3) is 5.82 Å². The molecule has 1 aromatic carbocycles. The van der Waals surface area contributed by atoms with Crippen LogP contribution in [-0.4, -0.2) is 25.8 Å². The maximum absolute atomic E-state index is 13.4. The van der Waals surface area contributed by atoms with Gasteiger partial charge in [-0.3, -0.25) is 0 Å². The van der Waals surface area contributed by atoms with Gasteiger partial charge >= 0.3 is 5.97 Å². The first-order chi connectivity index (χ1) is 8.52. The molecule has 0 radical (unpaired) electrons. The monoisotopic (exact) mass is 269 g/mol. The van der Waals surface area contributed by atoms with E-state index < -0.39 is 11.8 Å². The lowest BCUT2D eigenvalue weighted by Crippen LogP contribution is -2.03. The fraction of sp³-hybridized carbons (Fsp3) is 0.182. The number of hydrogen-bond donors (Lipinski definition) is 1. The topological polar surface area (TPSA) is 68.0 Å². The van der Waals surface area contributed by atoms with Crippen LogP contribution >= 0.6 is 11.6 Å². The predicted molar refractivity (Wildman–Crippen MR) is 62.7 cm³/mol.